The van der Waals surface area contributed by atoms with Crippen LogP contribution in [0.25, 0.3) is 6.08 Å². The van der Waals surface area contributed by atoms with Gasteiger partial charge in [0.05, 0.1) is 10.6 Å². The average molecular weight is 345 g/mol. The molecule has 0 aliphatic carbocycles. The summed E-state index contributed by atoms with van der Waals surface area (Å²) in [6.45, 7) is 1.92. The minimum atomic E-state index is -0.241. The van der Waals surface area contributed by atoms with Crippen LogP contribution in [0.4, 0.5) is 5.69 Å². The summed E-state index contributed by atoms with van der Waals surface area (Å²) in [4.78, 5) is 16.9. The first kappa shape index (κ1) is 15.6. The van der Waals surface area contributed by atoms with E-state index in [4.69, 9.17) is 11.6 Å². The van der Waals surface area contributed by atoms with Crippen LogP contribution in [0, 0.1) is 6.92 Å². The van der Waals surface area contributed by atoms with Crippen LogP contribution in [0.1, 0.15) is 11.1 Å². The molecular weight excluding hydrogens is 332 g/mol. The molecule has 1 fully saturated rings. The number of hydrogen-bond acceptors (Lipinski definition) is 4. The van der Waals surface area contributed by atoms with Crippen LogP contribution in [0.15, 0.2) is 52.4 Å². The number of hydrogen-bond donors (Lipinski definition) is 2. The third-order valence-electron chi connectivity index (χ3n) is 3.26. The Morgan fingerprint density at radius 3 is 2.78 bits per heavy atom. The molecule has 1 amide bonds. The van der Waals surface area contributed by atoms with Gasteiger partial charge in [0.1, 0.15) is 5.75 Å². The molecular formula is C17H13ClN2O2S. The Labute approximate surface area is 142 Å². The highest BCUT2D eigenvalue weighted by molar-refractivity contribution is 8.18. The lowest BCUT2D eigenvalue weighted by Gasteiger charge is -2.00. The molecule has 0 bridgehead atoms. The van der Waals surface area contributed by atoms with Crippen molar-refractivity contribution in [2.75, 3.05) is 0 Å². The smallest absolute Gasteiger partial charge is 0.264 e. The first-order valence-electron chi connectivity index (χ1n) is 6.86. The second-order valence-electron chi connectivity index (χ2n) is 4.97. The van der Waals surface area contributed by atoms with Crippen molar-refractivity contribution < 1.29 is 9.90 Å². The van der Waals surface area contributed by atoms with Gasteiger partial charge < -0.3 is 10.4 Å². The predicted molar refractivity (Wildman–Crippen MR) is 95.1 cm³/mol. The molecule has 1 heterocycles. The number of phenols is 1. The molecule has 1 saturated heterocycles. The van der Waals surface area contributed by atoms with Crippen LogP contribution in [-0.2, 0) is 4.79 Å². The quantitative estimate of drug-likeness (QED) is 0.801. The largest absolute Gasteiger partial charge is 0.507 e. The fraction of sp³-hybridized carbons (Fsp3) is 0.0588. The monoisotopic (exact) mass is 344 g/mol. The Morgan fingerprint density at radius 1 is 1.26 bits per heavy atom. The molecule has 0 aromatic heterocycles. The fourth-order valence-electron chi connectivity index (χ4n) is 2.00. The highest BCUT2D eigenvalue weighted by Gasteiger charge is 2.24. The van der Waals surface area contributed by atoms with E-state index in [1.165, 1.54) is 11.8 Å². The molecule has 6 heteroatoms. The lowest BCUT2D eigenvalue weighted by molar-refractivity contribution is -0.115. The van der Waals surface area contributed by atoms with Crippen molar-refractivity contribution >= 4 is 46.2 Å². The number of amidine groups is 1. The number of amides is 1. The third-order valence-corrected chi connectivity index (χ3v) is 4.58. The number of para-hydroxylation sites is 1. The number of benzene rings is 2. The van der Waals surface area contributed by atoms with E-state index in [0.717, 1.165) is 5.56 Å². The van der Waals surface area contributed by atoms with E-state index >= 15 is 0 Å². The van der Waals surface area contributed by atoms with Gasteiger partial charge in [0.25, 0.3) is 5.91 Å². The van der Waals surface area contributed by atoms with Gasteiger partial charge in [-0.25, -0.2) is 4.99 Å². The number of aromatic hydroxyl groups is 1. The Morgan fingerprint density at radius 2 is 2.04 bits per heavy atom. The zero-order valence-corrected chi connectivity index (χ0v) is 13.8. The van der Waals surface area contributed by atoms with Crippen LogP contribution in [0.5, 0.6) is 5.75 Å². The number of thioether (sulfide) groups is 1. The number of nitrogens with one attached hydrogen (secondary N) is 1. The van der Waals surface area contributed by atoms with Crippen molar-refractivity contribution in [1.82, 2.24) is 5.32 Å². The first-order chi connectivity index (χ1) is 11.0. The minimum absolute atomic E-state index is 0.129. The SMILES string of the molecule is Cc1ccc(N=C2NC(=O)/C(=C/c3ccccc3O)S2)cc1Cl. The van der Waals surface area contributed by atoms with Gasteiger partial charge in [0, 0.05) is 10.6 Å². The van der Waals surface area contributed by atoms with Gasteiger partial charge in [-0.1, -0.05) is 35.9 Å². The molecule has 0 spiro atoms. The Balaban J connectivity index is 1.86. The molecule has 1 aliphatic heterocycles. The van der Waals surface area contributed by atoms with Crippen molar-refractivity contribution in [3.63, 3.8) is 0 Å². The maximum absolute atomic E-state index is 12.0. The highest BCUT2D eigenvalue weighted by atomic mass is 35.5. The number of nitrogens with zero attached hydrogens (tertiary/aromatic N) is 1. The van der Waals surface area contributed by atoms with Crippen molar-refractivity contribution in [2.24, 2.45) is 4.99 Å². The molecule has 0 radical (unpaired) electrons. The lowest BCUT2D eigenvalue weighted by atomic mass is 10.2. The van der Waals surface area contributed by atoms with Crippen LogP contribution < -0.4 is 5.32 Å². The Kier molecular flexibility index (Phi) is 4.41. The summed E-state index contributed by atoms with van der Waals surface area (Å²) in [5.41, 5.74) is 2.23. The molecule has 2 N–H and O–H groups in total. The standard InChI is InChI=1S/C17H13ClN2O2S/c1-10-6-7-12(9-13(10)18)19-17-20-16(22)15(23-17)8-11-4-2-3-5-14(11)21/h2-9,21H,1H3,(H,19,20,22)/b15-8-. The highest BCUT2D eigenvalue weighted by Crippen LogP contribution is 2.31. The van der Waals surface area contributed by atoms with Gasteiger partial charge in [0.15, 0.2) is 5.17 Å². The number of aryl methyl sites for hydroxylation is 1. The molecule has 3 rings (SSSR count). The molecule has 116 valence electrons. The van der Waals surface area contributed by atoms with E-state index in [-0.39, 0.29) is 11.7 Å². The van der Waals surface area contributed by atoms with Gasteiger partial charge in [-0.2, -0.15) is 0 Å². The maximum Gasteiger partial charge on any atom is 0.264 e. The topological polar surface area (TPSA) is 61.7 Å². The van der Waals surface area contributed by atoms with Gasteiger partial charge in [-0.3, -0.25) is 4.79 Å². The number of carbonyl (C=O) groups is 1. The van der Waals surface area contributed by atoms with Gasteiger partial charge in [-0.15, -0.1) is 0 Å². The summed E-state index contributed by atoms with van der Waals surface area (Å²) in [5.74, 6) is -0.112. The molecule has 2 aromatic rings. The van der Waals surface area contributed by atoms with E-state index < -0.39 is 0 Å². The number of carbonyl (C=O) groups excluding carboxylic acids is 1. The molecule has 0 saturated carbocycles. The Bertz CT molecular complexity index is 846. The van der Waals surface area contributed by atoms with Crippen LogP contribution in [-0.4, -0.2) is 16.2 Å². The molecule has 4 nitrogen and oxygen atoms in total. The normalized spacial score (nSPS) is 17.7. The summed E-state index contributed by atoms with van der Waals surface area (Å²) in [6.07, 6.45) is 1.64. The zero-order valence-electron chi connectivity index (χ0n) is 12.2. The van der Waals surface area contributed by atoms with Crippen molar-refractivity contribution in [1.29, 1.82) is 0 Å². The van der Waals surface area contributed by atoms with Gasteiger partial charge in [-0.05, 0) is 48.5 Å². The van der Waals surface area contributed by atoms with E-state index in [1.54, 1.807) is 36.4 Å². The molecule has 2 aromatic carbocycles. The van der Waals surface area contributed by atoms with E-state index in [9.17, 15) is 9.90 Å². The van der Waals surface area contributed by atoms with Crippen molar-refractivity contribution in [3.05, 3.63) is 63.5 Å². The van der Waals surface area contributed by atoms with E-state index in [2.05, 4.69) is 10.3 Å². The molecule has 23 heavy (non-hydrogen) atoms. The summed E-state index contributed by atoms with van der Waals surface area (Å²) >= 11 is 7.30. The third kappa shape index (κ3) is 3.57. The van der Waals surface area contributed by atoms with E-state index in [0.29, 0.717) is 26.3 Å². The molecule has 0 atom stereocenters. The Hall–Kier alpha value is -2.24. The number of rotatable bonds is 2. The van der Waals surface area contributed by atoms with Crippen LogP contribution >= 0.6 is 23.4 Å². The number of phenolic OH excluding ortho intramolecular Hbond substituents is 1. The summed E-state index contributed by atoms with van der Waals surface area (Å²) in [7, 11) is 0. The number of aliphatic imine (C=N–C) groups is 1. The first-order valence-corrected chi connectivity index (χ1v) is 8.06. The summed E-state index contributed by atoms with van der Waals surface area (Å²) in [6, 6.07) is 12.3. The summed E-state index contributed by atoms with van der Waals surface area (Å²) < 4.78 is 0. The second kappa shape index (κ2) is 6.48. The zero-order chi connectivity index (χ0) is 16.4. The fourth-order valence-corrected chi connectivity index (χ4v) is 3.01. The molecule has 0 unspecified atom stereocenters. The number of halogens is 1. The maximum atomic E-state index is 12.0. The minimum Gasteiger partial charge on any atom is -0.507 e. The summed E-state index contributed by atoms with van der Waals surface area (Å²) in [5, 5.41) is 13.6. The predicted octanol–water partition coefficient (Wildman–Crippen LogP) is 4.25. The van der Waals surface area contributed by atoms with Gasteiger partial charge in [0.2, 0.25) is 0 Å². The van der Waals surface area contributed by atoms with Crippen molar-refractivity contribution in [3.8, 4) is 5.75 Å². The molecule has 1 aliphatic rings. The average Bonchev–Trinajstić information content (AvgIpc) is 2.85. The van der Waals surface area contributed by atoms with Crippen LogP contribution in [0.3, 0.4) is 0 Å². The van der Waals surface area contributed by atoms with E-state index in [1.807, 2.05) is 19.1 Å². The van der Waals surface area contributed by atoms with Crippen LogP contribution in [0.2, 0.25) is 5.02 Å². The second-order valence-corrected chi connectivity index (χ2v) is 6.41. The van der Waals surface area contributed by atoms with Gasteiger partial charge >= 0.3 is 0 Å². The van der Waals surface area contributed by atoms with Crippen molar-refractivity contribution in [2.45, 2.75) is 6.92 Å². The lowest BCUT2D eigenvalue weighted by Crippen LogP contribution is -2.19.